The SMILES string of the molecule is C.C.CC[C@@](O)(c1cc(F)c(C(=O)c2ccc(Cl)cc2)c(C(=O)O)c1)C1CCOCC1.CC[C@@](O)(c1cc(F)c2c(c1)C(=O)N(Cc1ccc(Cl)cc1Br)[C@@]2(OC)c1ccc(Cl)cc1)C1CCOCC1.CC[C@@](O)(c1cc(F)c2c(c1)C(=O)N(Cc1ccc(Cl)cc1C(=O)O)[C@@]2(OC)c1ccc(Cl)cc1)C1CCOCC1. The Balaban J connectivity index is 0.000000193. The van der Waals surface area contributed by atoms with E-state index in [1.807, 2.05) is 19.9 Å². The molecule has 8 aromatic rings. The Hall–Kier alpha value is -7.29. The number of ether oxygens (including phenoxy) is 5. The molecule has 5 atom stereocenters. The molecule has 0 radical (unpaired) electrons. The molecule has 17 nitrogen and oxygen atoms in total. The topological polar surface area (TPSA) is 239 Å². The van der Waals surface area contributed by atoms with Crippen LogP contribution in [0.1, 0.15) is 201 Å². The van der Waals surface area contributed by atoms with Gasteiger partial charge in [-0.05, 0) is 213 Å². The van der Waals surface area contributed by atoms with Gasteiger partial charge in [-0.25, -0.2) is 22.8 Å². The van der Waals surface area contributed by atoms with Crippen molar-refractivity contribution < 1.29 is 86.4 Å². The summed E-state index contributed by atoms with van der Waals surface area (Å²) in [5, 5.41) is 56.6. The smallest absolute Gasteiger partial charge is 0.336 e. The highest BCUT2D eigenvalue weighted by atomic mass is 79.9. The third-order valence-electron chi connectivity index (χ3n) is 22.1. The fourth-order valence-electron chi connectivity index (χ4n) is 16.2. The molecule has 0 aliphatic carbocycles. The summed E-state index contributed by atoms with van der Waals surface area (Å²) in [6, 6.07) is 36.9. The first-order chi connectivity index (χ1) is 52.0. The number of benzene rings is 8. The van der Waals surface area contributed by atoms with Gasteiger partial charge >= 0.3 is 11.9 Å². The maximum Gasteiger partial charge on any atom is 0.336 e. The van der Waals surface area contributed by atoms with Crippen molar-refractivity contribution in [2.75, 3.05) is 53.9 Å². The summed E-state index contributed by atoms with van der Waals surface area (Å²) in [6.07, 6.45) is 4.64. The fourth-order valence-corrected chi connectivity index (χ4v) is 17.5. The molecule has 3 fully saturated rings. The van der Waals surface area contributed by atoms with Gasteiger partial charge in [-0.15, -0.1) is 0 Å². The van der Waals surface area contributed by atoms with Crippen LogP contribution in [0.2, 0.25) is 25.1 Å². The van der Waals surface area contributed by atoms with E-state index >= 15 is 13.2 Å². The van der Waals surface area contributed by atoms with Crippen LogP contribution in [0.5, 0.6) is 0 Å². The molecule has 5 aliphatic rings. The van der Waals surface area contributed by atoms with Crippen LogP contribution >= 0.6 is 73.9 Å². The van der Waals surface area contributed by atoms with E-state index in [1.54, 1.807) is 79.7 Å². The number of hydrogen-bond acceptors (Lipinski definition) is 13. The molecule has 2 amide bonds. The monoisotopic (exact) mass is 1690 g/mol. The zero-order chi connectivity index (χ0) is 78.7. The van der Waals surface area contributed by atoms with E-state index in [1.165, 1.54) is 84.7 Å². The second-order valence-corrected chi connectivity index (χ2v) is 30.6. The van der Waals surface area contributed by atoms with E-state index in [0.717, 1.165) is 11.6 Å². The van der Waals surface area contributed by atoms with E-state index in [-0.39, 0.29) is 102 Å². The molecule has 5 N–H and O–H groups in total. The molecule has 0 spiro atoms. The zero-order valence-electron chi connectivity index (χ0n) is 60.2. The Morgan fingerprint density at radius 1 is 0.477 bits per heavy atom. The molecule has 111 heavy (non-hydrogen) atoms. The minimum atomic E-state index is -1.75. The first-order valence-corrected chi connectivity index (χ1v) is 38.4. The van der Waals surface area contributed by atoms with Crippen molar-refractivity contribution in [2.24, 2.45) is 17.8 Å². The third kappa shape index (κ3) is 17.0. The van der Waals surface area contributed by atoms with Crippen molar-refractivity contribution >= 4 is 103 Å². The number of aliphatic hydroxyl groups is 3. The highest BCUT2D eigenvalue weighted by molar-refractivity contribution is 9.10. The van der Waals surface area contributed by atoms with Crippen LogP contribution in [0.25, 0.3) is 0 Å². The summed E-state index contributed by atoms with van der Waals surface area (Å²) in [5.41, 5.74) is -5.24. The summed E-state index contributed by atoms with van der Waals surface area (Å²) in [4.78, 5) is 68.0. The lowest BCUT2D eigenvalue weighted by Crippen LogP contribution is -2.46. The van der Waals surface area contributed by atoms with E-state index in [2.05, 4.69) is 15.9 Å². The number of amides is 2. The van der Waals surface area contributed by atoms with Crippen molar-refractivity contribution in [1.29, 1.82) is 0 Å². The number of aromatic carboxylic acids is 2. The molecule has 0 aromatic heterocycles. The third-order valence-corrected chi connectivity index (χ3v) is 24.0. The normalized spacial score (nSPS) is 19.5. The first kappa shape index (κ1) is 87.7. The van der Waals surface area contributed by atoms with Gasteiger partial charge in [-0.3, -0.25) is 24.2 Å². The molecule has 26 heteroatoms. The number of ketones is 1. The van der Waals surface area contributed by atoms with E-state index in [9.17, 15) is 49.5 Å². The summed E-state index contributed by atoms with van der Waals surface area (Å²) >= 11 is 33.9. The number of fused-ring (bicyclic) bond motifs is 2. The van der Waals surface area contributed by atoms with Gasteiger partial charge in [0.05, 0.1) is 68.8 Å². The van der Waals surface area contributed by atoms with Crippen LogP contribution in [0, 0.1) is 35.2 Å². The lowest BCUT2D eigenvalue weighted by Gasteiger charge is -2.39. The molecule has 0 unspecified atom stereocenters. The van der Waals surface area contributed by atoms with Gasteiger partial charge in [0.15, 0.2) is 17.2 Å². The molecule has 3 saturated heterocycles. The Labute approximate surface area is 677 Å². The molecule has 0 saturated carbocycles. The number of hydrogen-bond donors (Lipinski definition) is 5. The average molecular weight is 1690 g/mol. The Bertz CT molecular complexity index is 4740. The molecular formula is C85H89BrCl5F3N2O15. The maximum absolute atomic E-state index is 16.4. The Morgan fingerprint density at radius 3 is 1.17 bits per heavy atom. The largest absolute Gasteiger partial charge is 0.478 e. The number of carboxylic acids is 2. The van der Waals surface area contributed by atoms with Crippen molar-refractivity contribution in [2.45, 2.75) is 135 Å². The molecular weight excluding hydrogens is 1600 g/mol. The summed E-state index contributed by atoms with van der Waals surface area (Å²) in [5.74, 6) is -7.20. The summed E-state index contributed by atoms with van der Waals surface area (Å²) < 4.78 is 77.1. The maximum atomic E-state index is 16.4. The second-order valence-electron chi connectivity index (χ2n) is 27.6. The average Bonchev–Trinajstić information content (AvgIpc) is 1.56. The lowest BCUT2D eigenvalue weighted by molar-refractivity contribution is -0.0887. The van der Waals surface area contributed by atoms with Gasteiger partial charge in [0.25, 0.3) is 11.8 Å². The Kier molecular flexibility index (Phi) is 28.8. The minimum absolute atomic E-state index is 0. The van der Waals surface area contributed by atoms with Gasteiger partial charge in [0, 0.05) is 100 Å². The van der Waals surface area contributed by atoms with Crippen molar-refractivity contribution in [3.8, 4) is 0 Å². The number of methoxy groups -OCH3 is 2. The second kappa shape index (κ2) is 36.5. The van der Waals surface area contributed by atoms with Crippen LogP contribution in [0.3, 0.4) is 0 Å². The number of nitrogens with zero attached hydrogens (tertiary/aromatic N) is 2. The standard InChI is InChI=1S/C31H30Cl2FNO6.C30H29BrCl2FNO4.C22H22ClFO5.2CH4/c1-3-30(39,19-10-12-41-13-11-19)21-14-25-27(26(34)15-21)31(40-2,20-5-8-22(32)9-6-20)35(28(25)36)17-18-4-7-23(33)16-24(18)29(37)38;1-3-29(37,19-10-12-39-13-11-19)21-14-24-27(26(34)15-21)30(38-2,20-5-8-22(32)9-6-20)35(28(24)36)17-18-4-7-23(33)16-25(18)31;1-2-22(28,14-7-9-29-10-8-14)15-11-17(21(26)27)19(18(24)12-15)20(25)13-3-5-16(23)6-4-13;;/h4-9,14-16,19,39H,3,10-13,17H2,1-2H3,(H,37,38);4-9,14-16,19,37H,3,10-13,17H2,1-2H3;3-6,11-12,14,28H,2,7-10H2,1H3,(H,26,27);2*1H4/t30-,31+;29-,30+;22-;;/m000../s1. The van der Waals surface area contributed by atoms with Crippen molar-refractivity contribution in [3.63, 3.8) is 0 Å². The molecule has 13 rings (SSSR count). The Morgan fingerprint density at radius 2 is 0.811 bits per heavy atom. The van der Waals surface area contributed by atoms with Crippen molar-refractivity contribution in [3.05, 3.63) is 276 Å². The quantitative estimate of drug-likeness (QED) is 0.0421. The number of carbonyl (C=O) groups excluding carboxylic acids is 3. The van der Waals surface area contributed by atoms with Gasteiger partial charge < -0.3 is 49.2 Å². The van der Waals surface area contributed by atoms with Gasteiger partial charge in [0.2, 0.25) is 0 Å². The van der Waals surface area contributed by atoms with Crippen LogP contribution < -0.4 is 0 Å². The van der Waals surface area contributed by atoms with E-state index in [0.29, 0.717) is 138 Å². The van der Waals surface area contributed by atoms with Gasteiger partial charge in [-0.1, -0.05) is 146 Å². The molecule has 8 aromatic carbocycles. The molecule has 5 aliphatic heterocycles. The zero-order valence-corrected chi connectivity index (χ0v) is 65.6. The molecule has 592 valence electrons. The highest BCUT2D eigenvalue weighted by Gasteiger charge is 2.57. The van der Waals surface area contributed by atoms with Crippen LogP contribution in [-0.2, 0) is 65.0 Å². The van der Waals surface area contributed by atoms with Gasteiger partial charge in [-0.2, -0.15) is 0 Å². The summed E-state index contributed by atoms with van der Waals surface area (Å²) in [7, 11) is 2.82. The van der Waals surface area contributed by atoms with Crippen LogP contribution in [-0.4, -0.2) is 119 Å². The fraction of sp³-hybridized carbons (Fsp3) is 0.376. The number of halogens is 9. The number of rotatable bonds is 21. The predicted octanol–water partition coefficient (Wildman–Crippen LogP) is 19.5. The van der Waals surface area contributed by atoms with E-state index in [4.69, 9.17) is 81.7 Å². The lowest BCUT2D eigenvalue weighted by atomic mass is 9.74. The number of carboxylic acid groups (broad SMARTS) is 2. The summed E-state index contributed by atoms with van der Waals surface area (Å²) in [6.45, 7) is 8.36. The molecule has 0 bridgehead atoms. The predicted molar refractivity (Wildman–Crippen MR) is 423 cm³/mol. The van der Waals surface area contributed by atoms with Crippen molar-refractivity contribution in [1.82, 2.24) is 9.80 Å². The number of carbonyl (C=O) groups is 5. The van der Waals surface area contributed by atoms with Crippen LogP contribution in [0.15, 0.2) is 150 Å². The first-order valence-electron chi connectivity index (χ1n) is 35.7. The van der Waals surface area contributed by atoms with E-state index < -0.39 is 86.4 Å². The highest BCUT2D eigenvalue weighted by Crippen LogP contribution is 2.53. The minimum Gasteiger partial charge on any atom is -0.478 e. The van der Waals surface area contributed by atoms with Crippen LogP contribution in [0.4, 0.5) is 13.2 Å². The molecule has 5 heterocycles. The van der Waals surface area contributed by atoms with Gasteiger partial charge in [0.1, 0.15) is 17.5 Å².